The van der Waals surface area contributed by atoms with E-state index in [0.29, 0.717) is 22.1 Å². The molecular formula is C42H37FN6O7S. The van der Waals surface area contributed by atoms with Crippen molar-refractivity contribution >= 4 is 46.7 Å². The SMILES string of the molecule is CCCSc1nc(N[C@@H]2C[C@H]2c2ccc(F)cc2)c2nnn([C@@H]3O[C@H](COC(=O)c4ccccc4)[C@@H](OC(=O)c4ccccc4)[C@H]3OC(=O)c3ccccc3)c2n1. The lowest BCUT2D eigenvalue weighted by Gasteiger charge is -2.24. The number of hydrogen-bond donors (Lipinski definition) is 1. The second-order valence-corrected chi connectivity index (χ2v) is 14.6. The molecule has 6 aromatic rings. The Bertz CT molecular complexity index is 2350. The lowest BCUT2D eigenvalue weighted by atomic mass is 10.1. The number of nitrogens with one attached hydrogen (secondary N) is 1. The molecule has 1 saturated heterocycles. The van der Waals surface area contributed by atoms with Crippen molar-refractivity contribution in [2.75, 3.05) is 17.7 Å². The molecule has 2 fully saturated rings. The summed E-state index contributed by atoms with van der Waals surface area (Å²) in [6, 6.07) is 31.6. The average molecular weight is 789 g/mol. The predicted molar refractivity (Wildman–Crippen MR) is 207 cm³/mol. The van der Waals surface area contributed by atoms with E-state index in [1.165, 1.54) is 28.6 Å². The van der Waals surface area contributed by atoms with Gasteiger partial charge in [0.25, 0.3) is 0 Å². The van der Waals surface area contributed by atoms with Gasteiger partial charge in [0, 0.05) is 17.7 Å². The molecule has 0 amide bonds. The second kappa shape index (κ2) is 16.9. The molecule has 1 aliphatic heterocycles. The van der Waals surface area contributed by atoms with Crippen LogP contribution in [-0.4, -0.2) is 79.6 Å². The van der Waals surface area contributed by atoms with Gasteiger partial charge >= 0.3 is 17.9 Å². The van der Waals surface area contributed by atoms with Crippen molar-refractivity contribution in [3.8, 4) is 0 Å². The summed E-state index contributed by atoms with van der Waals surface area (Å²) in [5, 5.41) is 12.9. The molecule has 57 heavy (non-hydrogen) atoms. The third kappa shape index (κ3) is 8.49. The number of rotatable bonds is 14. The highest BCUT2D eigenvalue weighted by molar-refractivity contribution is 7.99. The van der Waals surface area contributed by atoms with Crippen LogP contribution in [-0.2, 0) is 18.9 Å². The molecule has 1 saturated carbocycles. The number of fused-ring (bicyclic) bond motifs is 1. The molecule has 0 bridgehead atoms. The van der Waals surface area contributed by atoms with E-state index in [-0.39, 0.29) is 41.2 Å². The maximum Gasteiger partial charge on any atom is 0.338 e. The third-order valence-electron chi connectivity index (χ3n) is 9.57. The fraction of sp³-hybridized carbons (Fsp3) is 0.262. The first-order chi connectivity index (χ1) is 27.9. The largest absolute Gasteiger partial charge is 0.459 e. The molecular weight excluding hydrogens is 752 g/mol. The molecule has 8 rings (SSSR count). The number of carbonyl (C=O) groups excluding carboxylic acids is 3. The van der Waals surface area contributed by atoms with Gasteiger partial charge in [-0.1, -0.05) is 90.6 Å². The number of hydrogen-bond acceptors (Lipinski definition) is 13. The lowest BCUT2D eigenvalue weighted by molar-refractivity contribution is -0.0661. The van der Waals surface area contributed by atoms with Crippen molar-refractivity contribution in [3.05, 3.63) is 143 Å². The van der Waals surface area contributed by atoms with Crippen molar-refractivity contribution in [1.82, 2.24) is 25.0 Å². The molecule has 0 spiro atoms. The van der Waals surface area contributed by atoms with Crippen molar-refractivity contribution < 1.29 is 37.7 Å². The third-order valence-corrected chi connectivity index (χ3v) is 10.6. The van der Waals surface area contributed by atoms with Gasteiger partial charge in [0.05, 0.1) is 16.7 Å². The van der Waals surface area contributed by atoms with Crippen LogP contribution in [0.15, 0.2) is 120 Å². The highest BCUT2D eigenvalue weighted by Crippen LogP contribution is 2.44. The van der Waals surface area contributed by atoms with Gasteiger partial charge in [-0.3, -0.25) is 0 Å². The fourth-order valence-electron chi connectivity index (χ4n) is 6.60. The first kappa shape index (κ1) is 37.7. The van der Waals surface area contributed by atoms with E-state index >= 15 is 0 Å². The molecule has 6 atom stereocenters. The Morgan fingerprint density at radius 1 is 0.807 bits per heavy atom. The Kier molecular flexibility index (Phi) is 11.2. The van der Waals surface area contributed by atoms with Gasteiger partial charge in [-0.15, -0.1) is 5.10 Å². The molecule has 0 radical (unpaired) electrons. The van der Waals surface area contributed by atoms with Crippen LogP contribution in [0.5, 0.6) is 0 Å². The van der Waals surface area contributed by atoms with Crippen LogP contribution in [0.25, 0.3) is 11.2 Å². The molecule has 2 aliphatic rings. The minimum atomic E-state index is -1.32. The van der Waals surface area contributed by atoms with Crippen molar-refractivity contribution in [1.29, 1.82) is 0 Å². The number of nitrogens with zero attached hydrogens (tertiary/aromatic N) is 5. The first-order valence-electron chi connectivity index (χ1n) is 18.5. The summed E-state index contributed by atoms with van der Waals surface area (Å²) in [4.78, 5) is 50.2. The fourth-order valence-corrected chi connectivity index (χ4v) is 7.30. The van der Waals surface area contributed by atoms with Gasteiger partial charge in [-0.05, 0) is 66.9 Å². The van der Waals surface area contributed by atoms with Crippen LogP contribution in [0.4, 0.5) is 10.2 Å². The zero-order valence-electron chi connectivity index (χ0n) is 30.6. The van der Waals surface area contributed by atoms with Gasteiger partial charge in [-0.2, -0.15) is 4.68 Å². The van der Waals surface area contributed by atoms with Gasteiger partial charge in [0.2, 0.25) is 0 Å². The number of carbonyl (C=O) groups is 3. The van der Waals surface area contributed by atoms with Gasteiger partial charge < -0.3 is 24.3 Å². The van der Waals surface area contributed by atoms with E-state index in [0.717, 1.165) is 24.2 Å². The van der Waals surface area contributed by atoms with Crippen molar-refractivity contribution in [2.45, 2.75) is 61.4 Å². The molecule has 4 aromatic carbocycles. The van der Waals surface area contributed by atoms with Gasteiger partial charge in [-0.25, -0.2) is 28.7 Å². The first-order valence-corrected chi connectivity index (χ1v) is 19.5. The number of halogens is 1. The zero-order valence-corrected chi connectivity index (χ0v) is 31.5. The lowest BCUT2D eigenvalue weighted by Crippen LogP contribution is -2.41. The van der Waals surface area contributed by atoms with Crippen LogP contribution < -0.4 is 5.32 Å². The Hall–Kier alpha value is -6.19. The summed E-state index contributed by atoms with van der Waals surface area (Å²) < 4.78 is 39.5. The van der Waals surface area contributed by atoms with Crippen molar-refractivity contribution in [2.24, 2.45) is 0 Å². The Morgan fingerprint density at radius 2 is 1.40 bits per heavy atom. The summed E-state index contributed by atoms with van der Waals surface area (Å²) in [7, 11) is 0. The molecule has 0 unspecified atom stereocenters. The van der Waals surface area contributed by atoms with E-state index in [1.54, 1.807) is 103 Å². The zero-order chi connectivity index (χ0) is 39.3. The smallest absolute Gasteiger partial charge is 0.338 e. The van der Waals surface area contributed by atoms with E-state index in [4.69, 9.17) is 28.9 Å². The molecule has 1 N–H and O–H groups in total. The minimum absolute atomic E-state index is 0.00416. The average Bonchev–Trinajstić information content (AvgIpc) is 3.76. The molecule has 290 valence electrons. The van der Waals surface area contributed by atoms with Gasteiger partial charge in [0.1, 0.15) is 18.5 Å². The standard InChI is InChI=1S/C42H37FN6O7S/c1-2-22-57-42-45-36(44-31-23-30(31)25-18-20-29(43)21-19-25)33-37(46-42)49(48-47-33)38-35(56-41(52)28-16-10-5-11-17-28)34(55-40(51)27-14-8-4-9-15-27)32(54-38)24-53-39(50)26-12-6-3-7-13-26/h3-21,30-32,34-35,38H,2,22-24H2,1H3,(H,44,45,46)/t30-,31+,32+,34+,35+,38+/m0/s1. The van der Waals surface area contributed by atoms with Crippen LogP contribution in [0.1, 0.15) is 68.5 Å². The van der Waals surface area contributed by atoms with E-state index in [2.05, 4.69) is 15.6 Å². The number of esters is 3. The summed E-state index contributed by atoms with van der Waals surface area (Å²) in [5.74, 6) is -1.03. The molecule has 13 nitrogen and oxygen atoms in total. The molecule has 1 aliphatic carbocycles. The summed E-state index contributed by atoms with van der Waals surface area (Å²) in [5.41, 5.74) is 2.41. The molecule has 3 heterocycles. The van der Waals surface area contributed by atoms with Crippen LogP contribution in [0.3, 0.4) is 0 Å². The number of ether oxygens (including phenoxy) is 4. The Labute approximate surface area is 330 Å². The highest BCUT2D eigenvalue weighted by Gasteiger charge is 2.52. The quantitative estimate of drug-likeness (QED) is 0.0520. The number of aromatic nitrogens is 5. The summed E-state index contributed by atoms with van der Waals surface area (Å²) >= 11 is 1.45. The summed E-state index contributed by atoms with van der Waals surface area (Å²) in [6.45, 7) is 1.68. The maximum atomic E-state index is 13.8. The predicted octanol–water partition coefficient (Wildman–Crippen LogP) is 7.04. The number of benzene rings is 4. The van der Waals surface area contributed by atoms with Crippen molar-refractivity contribution in [3.63, 3.8) is 0 Å². The topological polar surface area (TPSA) is 157 Å². The highest BCUT2D eigenvalue weighted by atomic mass is 32.2. The molecule has 2 aromatic heterocycles. The maximum absolute atomic E-state index is 13.8. The van der Waals surface area contributed by atoms with E-state index in [9.17, 15) is 18.8 Å². The van der Waals surface area contributed by atoms with E-state index < -0.39 is 42.4 Å². The van der Waals surface area contributed by atoms with E-state index in [1.807, 2.05) is 6.92 Å². The minimum Gasteiger partial charge on any atom is -0.459 e. The summed E-state index contributed by atoms with van der Waals surface area (Å²) in [6.07, 6.45) is -3.32. The van der Waals surface area contributed by atoms with Gasteiger partial charge in [0.15, 0.2) is 40.6 Å². The van der Waals surface area contributed by atoms with Crippen LogP contribution in [0.2, 0.25) is 0 Å². The van der Waals surface area contributed by atoms with Crippen LogP contribution in [0, 0.1) is 5.82 Å². The number of thioether (sulfide) groups is 1. The second-order valence-electron chi connectivity index (χ2n) is 13.6. The van der Waals surface area contributed by atoms with Crippen LogP contribution >= 0.6 is 11.8 Å². The normalized spacial score (nSPS) is 21.2. The number of anilines is 1. The Balaban J connectivity index is 1.16. The monoisotopic (exact) mass is 788 g/mol. The molecule has 15 heteroatoms. The Morgan fingerprint density at radius 3 is 2.02 bits per heavy atom.